The van der Waals surface area contributed by atoms with E-state index in [0.29, 0.717) is 30.9 Å². The summed E-state index contributed by atoms with van der Waals surface area (Å²) < 4.78 is 18.8. The summed E-state index contributed by atoms with van der Waals surface area (Å²) in [5.41, 5.74) is 0.994. The van der Waals surface area contributed by atoms with E-state index in [0.717, 1.165) is 0 Å². The quantitative estimate of drug-likeness (QED) is 0.739. The monoisotopic (exact) mass is 211 g/mol. The van der Waals surface area contributed by atoms with Gasteiger partial charge in [-0.2, -0.15) is 0 Å². The van der Waals surface area contributed by atoms with Gasteiger partial charge in [0, 0.05) is 12.1 Å². The van der Waals surface area contributed by atoms with E-state index >= 15 is 0 Å². The maximum atomic E-state index is 13.6. The highest BCUT2D eigenvalue weighted by molar-refractivity contribution is 5.42. The minimum Gasteiger partial charge on any atom is -0.507 e. The van der Waals surface area contributed by atoms with Crippen molar-refractivity contribution >= 4 is 0 Å². The Bertz CT molecular complexity index is 362. The van der Waals surface area contributed by atoms with Crippen molar-refractivity contribution in [2.24, 2.45) is 0 Å². The van der Waals surface area contributed by atoms with Crippen molar-refractivity contribution in [1.82, 2.24) is 5.32 Å². The Hall–Kier alpha value is -1.13. The van der Waals surface area contributed by atoms with E-state index in [4.69, 9.17) is 4.74 Å². The summed E-state index contributed by atoms with van der Waals surface area (Å²) in [5, 5.41) is 12.9. The summed E-state index contributed by atoms with van der Waals surface area (Å²) in [5.74, 6) is -0.362. The molecule has 0 radical (unpaired) electrons. The first-order valence-electron chi connectivity index (χ1n) is 4.99. The van der Waals surface area contributed by atoms with Gasteiger partial charge >= 0.3 is 0 Å². The van der Waals surface area contributed by atoms with Crippen LogP contribution in [0.1, 0.15) is 17.2 Å². The van der Waals surface area contributed by atoms with E-state index in [9.17, 15) is 9.50 Å². The van der Waals surface area contributed by atoms with Gasteiger partial charge in [-0.05, 0) is 18.6 Å². The van der Waals surface area contributed by atoms with Crippen molar-refractivity contribution in [3.8, 4) is 5.75 Å². The first-order chi connectivity index (χ1) is 7.20. The topological polar surface area (TPSA) is 41.5 Å². The molecule has 0 amide bonds. The van der Waals surface area contributed by atoms with Crippen molar-refractivity contribution in [2.75, 3.05) is 19.8 Å². The largest absolute Gasteiger partial charge is 0.507 e. The van der Waals surface area contributed by atoms with Crippen LogP contribution < -0.4 is 5.32 Å². The zero-order valence-corrected chi connectivity index (χ0v) is 8.59. The van der Waals surface area contributed by atoms with Gasteiger partial charge in [-0.25, -0.2) is 4.39 Å². The molecule has 0 spiro atoms. The second-order valence-corrected chi connectivity index (χ2v) is 3.71. The zero-order valence-electron chi connectivity index (χ0n) is 8.59. The van der Waals surface area contributed by atoms with Gasteiger partial charge in [-0.3, -0.25) is 0 Å². The maximum Gasteiger partial charge on any atom is 0.131 e. The second kappa shape index (κ2) is 4.16. The number of phenols is 1. The third kappa shape index (κ3) is 1.96. The summed E-state index contributed by atoms with van der Waals surface area (Å²) in [4.78, 5) is 0. The molecule has 1 saturated heterocycles. The molecular weight excluding hydrogens is 197 g/mol. The summed E-state index contributed by atoms with van der Waals surface area (Å²) in [6.45, 7) is 3.46. The number of hydrogen-bond acceptors (Lipinski definition) is 3. The smallest absolute Gasteiger partial charge is 0.131 e. The second-order valence-electron chi connectivity index (χ2n) is 3.71. The van der Waals surface area contributed by atoms with Crippen molar-refractivity contribution < 1.29 is 14.2 Å². The highest BCUT2D eigenvalue weighted by Crippen LogP contribution is 2.31. The number of hydrogen-bond donors (Lipinski definition) is 2. The minimum absolute atomic E-state index is 0.0259. The minimum atomic E-state index is -0.388. The zero-order chi connectivity index (χ0) is 10.8. The van der Waals surface area contributed by atoms with Crippen LogP contribution in [0, 0.1) is 12.7 Å². The molecule has 1 heterocycles. The Labute approximate surface area is 87.9 Å². The van der Waals surface area contributed by atoms with Crippen LogP contribution >= 0.6 is 0 Å². The van der Waals surface area contributed by atoms with Crippen molar-refractivity contribution in [3.63, 3.8) is 0 Å². The molecule has 3 nitrogen and oxygen atoms in total. The van der Waals surface area contributed by atoms with Gasteiger partial charge in [-0.1, -0.05) is 6.07 Å². The average molecular weight is 211 g/mol. The van der Waals surface area contributed by atoms with E-state index < -0.39 is 0 Å². The molecule has 0 unspecified atom stereocenters. The summed E-state index contributed by atoms with van der Waals surface area (Å²) in [6.07, 6.45) is 0. The van der Waals surface area contributed by atoms with E-state index in [1.54, 1.807) is 13.0 Å². The molecule has 82 valence electrons. The van der Waals surface area contributed by atoms with Gasteiger partial charge in [0.2, 0.25) is 0 Å². The molecule has 1 fully saturated rings. The predicted octanol–water partition coefficient (Wildman–Crippen LogP) is 1.50. The number of morpholine rings is 1. The number of phenolic OH excluding ortho intramolecular Hbond substituents is 1. The third-order valence-corrected chi connectivity index (χ3v) is 2.64. The number of rotatable bonds is 1. The van der Waals surface area contributed by atoms with Crippen LogP contribution in [0.15, 0.2) is 12.1 Å². The van der Waals surface area contributed by atoms with Crippen molar-refractivity contribution in [1.29, 1.82) is 0 Å². The Kier molecular flexibility index (Phi) is 2.88. The molecule has 0 aliphatic carbocycles. The number of aryl methyl sites for hydroxylation is 1. The van der Waals surface area contributed by atoms with Gasteiger partial charge in [0.05, 0.1) is 19.3 Å². The normalized spacial score (nSPS) is 21.6. The van der Waals surface area contributed by atoms with Crippen LogP contribution in [0.2, 0.25) is 0 Å². The highest BCUT2D eigenvalue weighted by atomic mass is 19.1. The number of benzene rings is 1. The highest BCUT2D eigenvalue weighted by Gasteiger charge is 2.22. The molecule has 1 atom stereocenters. The summed E-state index contributed by atoms with van der Waals surface area (Å²) in [7, 11) is 0. The first kappa shape index (κ1) is 10.4. The first-order valence-corrected chi connectivity index (χ1v) is 4.99. The van der Waals surface area contributed by atoms with Gasteiger partial charge in [0.15, 0.2) is 0 Å². The molecule has 0 bridgehead atoms. The third-order valence-electron chi connectivity index (χ3n) is 2.64. The van der Waals surface area contributed by atoms with Gasteiger partial charge in [0.1, 0.15) is 11.6 Å². The van der Waals surface area contributed by atoms with E-state index in [-0.39, 0.29) is 17.6 Å². The fourth-order valence-corrected chi connectivity index (χ4v) is 1.77. The number of halogens is 1. The van der Waals surface area contributed by atoms with Crippen LogP contribution in [0.5, 0.6) is 5.75 Å². The molecule has 0 aromatic heterocycles. The SMILES string of the molecule is Cc1ccc(F)c([C@H]2COCCN2)c1O. The number of nitrogens with one attached hydrogen (secondary N) is 1. The molecule has 15 heavy (non-hydrogen) atoms. The van der Waals surface area contributed by atoms with E-state index in [2.05, 4.69) is 5.32 Å². The van der Waals surface area contributed by atoms with Crippen LogP contribution in [0.4, 0.5) is 4.39 Å². The molecular formula is C11H14FNO2. The standard InChI is InChI=1S/C11H14FNO2/c1-7-2-3-8(12)10(11(7)14)9-6-15-5-4-13-9/h2-3,9,13-14H,4-6H2,1H3/t9-/m1/s1. The Balaban J connectivity index is 2.36. The van der Waals surface area contributed by atoms with Gasteiger partial charge in [-0.15, -0.1) is 0 Å². The van der Waals surface area contributed by atoms with Crippen molar-refractivity contribution in [3.05, 3.63) is 29.1 Å². The number of ether oxygens (including phenoxy) is 1. The van der Waals surface area contributed by atoms with Crippen LogP contribution in [0.3, 0.4) is 0 Å². The molecule has 2 rings (SSSR count). The lowest BCUT2D eigenvalue weighted by atomic mass is 10.0. The lowest BCUT2D eigenvalue weighted by Crippen LogP contribution is -2.35. The Morgan fingerprint density at radius 3 is 3.00 bits per heavy atom. The summed E-state index contributed by atoms with van der Waals surface area (Å²) in [6, 6.07) is 2.69. The van der Waals surface area contributed by atoms with E-state index in [1.165, 1.54) is 6.07 Å². The summed E-state index contributed by atoms with van der Waals surface area (Å²) >= 11 is 0. The predicted molar refractivity (Wildman–Crippen MR) is 54.4 cm³/mol. The molecule has 1 aromatic carbocycles. The lowest BCUT2D eigenvalue weighted by molar-refractivity contribution is 0.0748. The van der Waals surface area contributed by atoms with Gasteiger partial charge < -0.3 is 15.2 Å². The number of aromatic hydroxyl groups is 1. The molecule has 1 aromatic rings. The molecule has 1 aliphatic rings. The van der Waals surface area contributed by atoms with Crippen LogP contribution in [-0.2, 0) is 4.74 Å². The molecule has 1 aliphatic heterocycles. The van der Waals surface area contributed by atoms with Crippen LogP contribution in [-0.4, -0.2) is 24.9 Å². The fraction of sp³-hybridized carbons (Fsp3) is 0.455. The molecule has 0 saturated carbocycles. The average Bonchev–Trinajstić information content (AvgIpc) is 2.26. The molecule has 4 heteroatoms. The van der Waals surface area contributed by atoms with Gasteiger partial charge in [0.25, 0.3) is 0 Å². The van der Waals surface area contributed by atoms with Crippen molar-refractivity contribution in [2.45, 2.75) is 13.0 Å². The lowest BCUT2D eigenvalue weighted by Gasteiger charge is -2.25. The molecule has 2 N–H and O–H groups in total. The Morgan fingerprint density at radius 2 is 2.33 bits per heavy atom. The fourth-order valence-electron chi connectivity index (χ4n) is 1.77. The van der Waals surface area contributed by atoms with Crippen LogP contribution in [0.25, 0.3) is 0 Å². The Morgan fingerprint density at radius 1 is 1.53 bits per heavy atom. The maximum absolute atomic E-state index is 13.6. The van der Waals surface area contributed by atoms with E-state index in [1.807, 2.05) is 0 Å².